The highest BCUT2D eigenvalue weighted by Crippen LogP contribution is 2.75. The van der Waals surface area contributed by atoms with E-state index in [9.17, 15) is 19.8 Å². The van der Waals surface area contributed by atoms with Crippen molar-refractivity contribution in [2.24, 2.45) is 17.8 Å². The third-order valence-electron chi connectivity index (χ3n) is 17.6. The van der Waals surface area contributed by atoms with Crippen molar-refractivity contribution < 1.29 is 76.8 Å². The fourth-order valence-electron chi connectivity index (χ4n) is 13.8. The quantitative estimate of drug-likeness (QED) is 0.0751. The van der Waals surface area contributed by atoms with E-state index in [1.807, 2.05) is 58.9 Å². The van der Waals surface area contributed by atoms with Crippen molar-refractivity contribution in [3.63, 3.8) is 0 Å². The molecule has 0 amide bonds. The summed E-state index contributed by atoms with van der Waals surface area (Å²) in [5.41, 5.74) is 0.621. The van der Waals surface area contributed by atoms with Crippen LogP contribution >= 0.6 is 0 Å². The highest BCUT2D eigenvalue weighted by Gasteiger charge is 2.84. The van der Waals surface area contributed by atoms with Gasteiger partial charge in [-0.1, -0.05) is 53.6 Å². The van der Waals surface area contributed by atoms with E-state index in [1.165, 1.54) is 36.9 Å². The molecule has 4 bridgehead atoms. The maximum absolute atomic E-state index is 16.0. The average Bonchev–Trinajstić information content (AvgIpc) is 1.95. The van der Waals surface area contributed by atoms with Gasteiger partial charge in [-0.05, 0) is 131 Å². The minimum absolute atomic E-state index is 0.0692. The van der Waals surface area contributed by atoms with Gasteiger partial charge in [-0.15, -0.1) is 0 Å². The highest BCUT2D eigenvalue weighted by molar-refractivity contribution is 6.22. The van der Waals surface area contributed by atoms with Crippen molar-refractivity contribution in [1.82, 2.24) is 0 Å². The summed E-state index contributed by atoms with van der Waals surface area (Å²) in [6, 6.07) is 13.4. The molecule has 3 saturated carbocycles. The summed E-state index contributed by atoms with van der Waals surface area (Å²) in [7, 11) is 1.30. The number of esters is 2. The van der Waals surface area contributed by atoms with Crippen LogP contribution < -0.4 is 18.9 Å². The number of allylic oxidation sites excluding steroid dienone is 5. The Hall–Kier alpha value is -6.66. The van der Waals surface area contributed by atoms with E-state index < -0.39 is 88.6 Å². The van der Waals surface area contributed by atoms with Gasteiger partial charge in [-0.2, -0.15) is 0 Å². The number of ether oxygens (including phenoxy) is 10. The Morgan fingerprint density at radius 3 is 2.29 bits per heavy atom. The van der Waals surface area contributed by atoms with Gasteiger partial charge in [-0.25, -0.2) is 9.59 Å². The summed E-state index contributed by atoms with van der Waals surface area (Å²) in [6.45, 7) is 19.2. The Labute approximate surface area is 465 Å². The second kappa shape index (κ2) is 19.0. The van der Waals surface area contributed by atoms with Crippen LogP contribution in [0.25, 0.3) is 17.6 Å². The monoisotopic (exact) mass is 1090 g/mol. The lowest BCUT2D eigenvalue weighted by atomic mass is 9.45. The van der Waals surface area contributed by atoms with E-state index in [4.69, 9.17) is 47.4 Å². The Bertz CT molecular complexity index is 3380. The largest absolute Gasteiger partial charge is 0.482 e. The smallest absolute Gasteiger partial charge is 0.343 e. The van der Waals surface area contributed by atoms with Crippen LogP contribution in [0.4, 0.5) is 0 Å². The molecule has 3 aromatic rings. The zero-order chi connectivity index (χ0) is 56.7. The normalized spacial score (nSPS) is 32.2. The minimum Gasteiger partial charge on any atom is -0.482 e. The van der Waals surface area contributed by atoms with Crippen LogP contribution in [0.5, 0.6) is 23.0 Å². The highest BCUT2D eigenvalue weighted by atomic mass is 16.8. The van der Waals surface area contributed by atoms with Gasteiger partial charge in [0.25, 0.3) is 0 Å². The topological polar surface area (TPSA) is 201 Å². The number of aliphatic hydroxyl groups excluding tert-OH is 2. The fraction of sp³-hybridized carbons (Fsp3) is 0.469. The SMILES string of the molecule is COC(=O)C(C)=CCC12OC(C)(C)[C@H]3C[C@H](C1=O)C1C4=C(OC5=C1C32Oc1c(CC=C(C)C)c2c(c(OC(=O)c3ccc(O[C@@H]6O[C@@H]7COC(C)(C)O[C@H]7[C@H](O)[C@H]6O)cc3)c15)C=CC(C)(CCC=C(C)C)O2)c1ccccc1C4=O. The predicted octanol–water partition coefficient (Wildman–Crippen LogP) is 9.67. The standard InChI is InChI=1S/C64H68O16/c1-31(2)15-14-26-62(10)27-25-39-50(78-62)38(23-18-32(3)4)53-45(52(39)76-58(70)34-19-21-35(22-20-34)73-59-49(67)48(66)54-41(74-59)30-72-61(8,9)77-54)55-46-43(44-47(65)36-16-12-13-17-37(36)51(44)75-55)40-29-42-60(6,7)80-63(56(40)68,64(42,46)79-53)28-24-33(5)57(69)71-11/h12-13,15-22,24-25,27,40-43,48-49,54,59,66-67H,14,23,26,28-30H2,1-11H3/t40-,41+,42+,43?,48+,49+,54+,59+,62?,63?,64?/m0/s1. The van der Waals surface area contributed by atoms with Crippen molar-refractivity contribution in [2.75, 3.05) is 13.7 Å². The number of benzene rings is 3. The molecule has 6 fully saturated rings. The number of ketones is 2. The molecule has 420 valence electrons. The first kappa shape index (κ1) is 54.0. The summed E-state index contributed by atoms with van der Waals surface area (Å²) in [5, 5.41) is 22.2. The third-order valence-corrected chi connectivity index (χ3v) is 17.6. The molecule has 10 aliphatic rings. The van der Waals surface area contributed by atoms with E-state index in [-0.39, 0.29) is 65.2 Å². The molecule has 0 aromatic heterocycles. The van der Waals surface area contributed by atoms with Gasteiger partial charge in [0.2, 0.25) is 6.29 Å². The number of methoxy groups -OCH3 is 1. The van der Waals surface area contributed by atoms with Crippen LogP contribution in [0.2, 0.25) is 0 Å². The molecule has 11 atom stereocenters. The molecule has 2 N–H and O–H groups in total. The number of carbonyl (C=O) groups excluding carboxylic acids is 4. The lowest BCUT2D eigenvalue weighted by Gasteiger charge is -2.62. The van der Waals surface area contributed by atoms with Gasteiger partial charge in [0.1, 0.15) is 64.3 Å². The molecule has 16 nitrogen and oxygen atoms in total. The molecule has 1 spiro atoms. The molecule has 6 aliphatic heterocycles. The second-order valence-electron chi connectivity index (χ2n) is 24.3. The van der Waals surface area contributed by atoms with Crippen molar-refractivity contribution in [2.45, 2.75) is 160 Å². The van der Waals surface area contributed by atoms with Crippen LogP contribution in [0.3, 0.4) is 0 Å². The lowest BCUT2D eigenvalue weighted by molar-refractivity contribution is -0.373. The summed E-state index contributed by atoms with van der Waals surface area (Å²) in [6.07, 6.45) is 5.97. The summed E-state index contributed by atoms with van der Waals surface area (Å²) in [5.74, 6) is -3.35. The number of hydrogen-bond acceptors (Lipinski definition) is 16. The maximum Gasteiger partial charge on any atom is 0.343 e. The van der Waals surface area contributed by atoms with Gasteiger partial charge in [0, 0.05) is 52.0 Å². The number of Topliss-reactive ketones (excluding diaryl/α,β-unsaturated/α-hetero) is 2. The molecule has 0 radical (unpaired) electrons. The van der Waals surface area contributed by atoms with E-state index in [0.29, 0.717) is 69.7 Å². The molecule has 3 aromatic carbocycles. The summed E-state index contributed by atoms with van der Waals surface area (Å²) >= 11 is 0. The number of hydrogen-bond donors (Lipinski definition) is 2. The van der Waals surface area contributed by atoms with Crippen LogP contribution in [0.15, 0.2) is 101 Å². The molecule has 16 heteroatoms. The fourth-order valence-corrected chi connectivity index (χ4v) is 13.8. The molecule has 80 heavy (non-hydrogen) atoms. The molecule has 13 rings (SSSR count). The maximum atomic E-state index is 16.0. The van der Waals surface area contributed by atoms with Crippen molar-refractivity contribution in [3.05, 3.63) is 134 Å². The number of carbonyl (C=O) groups is 4. The Balaban J connectivity index is 1.04. The first-order chi connectivity index (χ1) is 37.9. The van der Waals surface area contributed by atoms with Crippen LogP contribution in [-0.4, -0.2) is 106 Å². The van der Waals surface area contributed by atoms with Crippen LogP contribution in [0, 0.1) is 17.8 Å². The van der Waals surface area contributed by atoms with Gasteiger partial charge < -0.3 is 57.6 Å². The summed E-state index contributed by atoms with van der Waals surface area (Å²) in [4.78, 5) is 59.1. The molecule has 6 heterocycles. The Morgan fingerprint density at radius 1 is 0.850 bits per heavy atom. The van der Waals surface area contributed by atoms with Gasteiger partial charge in [-0.3, -0.25) is 9.59 Å². The first-order valence-corrected chi connectivity index (χ1v) is 27.6. The molecule has 3 saturated heterocycles. The predicted molar refractivity (Wildman–Crippen MR) is 291 cm³/mol. The van der Waals surface area contributed by atoms with E-state index in [1.54, 1.807) is 39.0 Å². The third kappa shape index (κ3) is 8.13. The van der Waals surface area contributed by atoms with Crippen molar-refractivity contribution in [3.8, 4) is 23.0 Å². The van der Waals surface area contributed by atoms with E-state index in [0.717, 1.165) is 5.57 Å². The average molecular weight is 1090 g/mol. The molecular formula is C64H68O16. The Morgan fingerprint density at radius 2 is 1.57 bits per heavy atom. The lowest BCUT2D eigenvalue weighted by Crippen LogP contribution is -2.75. The summed E-state index contributed by atoms with van der Waals surface area (Å²) < 4.78 is 65.5. The van der Waals surface area contributed by atoms with Crippen molar-refractivity contribution >= 4 is 41.1 Å². The van der Waals surface area contributed by atoms with E-state index in [2.05, 4.69) is 26.0 Å². The second-order valence-corrected chi connectivity index (χ2v) is 24.3. The Kier molecular flexibility index (Phi) is 12.8. The molecule has 4 aliphatic carbocycles. The van der Waals surface area contributed by atoms with Gasteiger partial charge in [0.05, 0.1) is 36.0 Å². The van der Waals surface area contributed by atoms with Gasteiger partial charge in [0.15, 0.2) is 34.3 Å². The van der Waals surface area contributed by atoms with Gasteiger partial charge >= 0.3 is 11.9 Å². The zero-order valence-corrected chi connectivity index (χ0v) is 47.0. The van der Waals surface area contributed by atoms with Crippen molar-refractivity contribution in [1.29, 1.82) is 0 Å². The zero-order valence-electron chi connectivity index (χ0n) is 47.0. The number of aliphatic hydroxyl groups is 2. The molecule has 4 unspecified atom stereocenters. The number of fused-ring (bicyclic) bond motifs is 6. The minimum atomic E-state index is -1.75. The van der Waals surface area contributed by atoms with Crippen LogP contribution in [0.1, 0.15) is 138 Å². The van der Waals surface area contributed by atoms with Crippen LogP contribution in [-0.2, 0) is 44.4 Å². The number of rotatable bonds is 12. The molecular weight excluding hydrogens is 1020 g/mol. The van der Waals surface area contributed by atoms with E-state index >= 15 is 9.59 Å². The first-order valence-electron chi connectivity index (χ1n) is 27.6.